The summed E-state index contributed by atoms with van der Waals surface area (Å²) < 4.78 is 0. The predicted octanol–water partition coefficient (Wildman–Crippen LogP) is 0.352. The van der Waals surface area contributed by atoms with Crippen molar-refractivity contribution in [1.29, 1.82) is 0 Å². The highest BCUT2D eigenvalue weighted by atomic mass is 16.7. The average Bonchev–Trinajstić information content (AvgIpc) is 2.15. The van der Waals surface area contributed by atoms with Gasteiger partial charge < -0.3 is 0 Å². The number of nitrogens with zero attached hydrogens (tertiary/aromatic N) is 3. The van der Waals surface area contributed by atoms with Crippen LogP contribution in [0.4, 0.5) is 0 Å². The molecule has 1 aliphatic heterocycles. The number of rotatable bonds is 4. The summed E-state index contributed by atoms with van der Waals surface area (Å²) in [5.41, 5.74) is 0. The van der Waals surface area contributed by atoms with Crippen molar-refractivity contribution in [3.8, 4) is 0 Å². The van der Waals surface area contributed by atoms with Crippen LogP contribution in [-0.2, 0) is 0 Å². The fourth-order valence-corrected chi connectivity index (χ4v) is 1.58. The van der Waals surface area contributed by atoms with E-state index in [1.807, 2.05) is 0 Å². The molecular formula is C7H13N3O4. The highest BCUT2D eigenvalue weighted by molar-refractivity contribution is 4.65. The van der Waals surface area contributed by atoms with E-state index in [9.17, 15) is 20.2 Å². The summed E-state index contributed by atoms with van der Waals surface area (Å²) >= 11 is 0. The van der Waals surface area contributed by atoms with E-state index in [4.69, 9.17) is 0 Å². The highest BCUT2D eigenvalue weighted by Crippen LogP contribution is 2.09. The molecule has 0 aromatic heterocycles. The molecule has 0 aromatic rings. The van der Waals surface area contributed by atoms with Gasteiger partial charge in [-0.25, -0.2) is 0 Å². The minimum absolute atomic E-state index is 0.0694. The van der Waals surface area contributed by atoms with Gasteiger partial charge in [-0.2, -0.15) is 0 Å². The van der Waals surface area contributed by atoms with Gasteiger partial charge in [0, 0.05) is 0 Å². The molecule has 7 heteroatoms. The van der Waals surface area contributed by atoms with E-state index in [0.29, 0.717) is 0 Å². The van der Waals surface area contributed by atoms with Gasteiger partial charge in [0.05, 0.1) is 9.85 Å². The summed E-state index contributed by atoms with van der Waals surface area (Å²) in [7, 11) is 0. The Bertz CT molecular complexity index is 213. The molecule has 0 unspecified atom stereocenters. The smallest absolute Gasteiger partial charge is 0.291 e. The van der Waals surface area contributed by atoms with Gasteiger partial charge in [-0.1, -0.05) is 6.42 Å². The molecule has 0 spiro atoms. The Hall–Kier alpha value is -1.24. The second-order valence-electron chi connectivity index (χ2n) is 3.41. The zero-order valence-corrected chi connectivity index (χ0v) is 7.79. The first-order valence-corrected chi connectivity index (χ1v) is 4.60. The molecule has 0 bridgehead atoms. The summed E-state index contributed by atoms with van der Waals surface area (Å²) in [5.74, 6) is 0. The zero-order valence-electron chi connectivity index (χ0n) is 7.79. The van der Waals surface area contributed by atoms with Gasteiger partial charge >= 0.3 is 6.17 Å². The normalized spacial score (nSPS) is 18.4. The van der Waals surface area contributed by atoms with Crippen LogP contribution in [0.15, 0.2) is 0 Å². The Labute approximate surface area is 81.0 Å². The SMILES string of the molecule is O=[N+]([O-])C(CN1CCCCC1)[N+](=O)[O-]. The van der Waals surface area contributed by atoms with E-state index in [1.165, 1.54) is 0 Å². The molecule has 14 heavy (non-hydrogen) atoms. The third kappa shape index (κ3) is 2.91. The number of nitro groups is 2. The first kappa shape index (κ1) is 10.8. The van der Waals surface area contributed by atoms with Crippen LogP contribution in [0, 0.1) is 20.2 Å². The lowest BCUT2D eigenvalue weighted by atomic mass is 10.1. The summed E-state index contributed by atoms with van der Waals surface area (Å²) in [6.07, 6.45) is 1.38. The molecule has 1 heterocycles. The van der Waals surface area contributed by atoms with Gasteiger partial charge in [0.2, 0.25) is 0 Å². The Balaban J connectivity index is 2.45. The standard InChI is InChI=1S/C7H13N3O4/c11-9(12)7(10(13)14)6-8-4-2-1-3-5-8/h7H,1-6H2. The van der Waals surface area contributed by atoms with E-state index in [1.54, 1.807) is 4.90 Å². The van der Waals surface area contributed by atoms with Crippen LogP contribution in [0.1, 0.15) is 19.3 Å². The maximum atomic E-state index is 10.4. The van der Waals surface area contributed by atoms with Crippen molar-refractivity contribution in [1.82, 2.24) is 4.90 Å². The molecule has 1 rings (SSSR count). The van der Waals surface area contributed by atoms with E-state index >= 15 is 0 Å². The second kappa shape index (κ2) is 4.85. The lowest BCUT2D eigenvalue weighted by Crippen LogP contribution is -2.43. The molecule has 80 valence electrons. The van der Waals surface area contributed by atoms with Crippen molar-refractivity contribution >= 4 is 0 Å². The van der Waals surface area contributed by atoms with Gasteiger partial charge in [-0.05, 0) is 25.9 Å². The largest absolute Gasteiger partial charge is 0.462 e. The van der Waals surface area contributed by atoms with E-state index < -0.39 is 16.0 Å². The number of piperidine rings is 1. The Morgan fingerprint density at radius 3 is 2.00 bits per heavy atom. The van der Waals surface area contributed by atoms with Crippen molar-refractivity contribution < 1.29 is 9.85 Å². The maximum absolute atomic E-state index is 10.4. The lowest BCUT2D eigenvalue weighted by Gasteiger charge is -2.24. The average molecular weight is 203 g/mol. The summed E-state index contributed by atoms with van der Waals surface area (Å²) in [6, 6.07) is 0. The van der Waals surface area contributed by atoms with Crippen molar-refractivity contribution in [2.45, 2.75) is 25.4 Å². The van der Waals surface area contributed by atoms with Crippen molar-refractivity contribution in [2.24, 2.45) is 0 Å². The maximum Gasteiger partial charge on any atom is 0.462 e. The number of hydrogen-bond donors (Lipinski definition) is 0. The highest BCUT2D eigenvalue weighted by Gasteiger charge is 2.34. The lowest BCUT2D eigenvalue weighted by molar-refractivity contribution is -0.741. The number of hydrogen-bond acceptors (Lipinski definition) is 5. The monoisotopic (exact) mass is 203 g/mol. The van der Waals surface area contributed by atoms with Crippen molar-refractivity contribution in [2.75, 3.05) is 19.6 Å². The molecule has 1 saturated heterocycles. The molecule has 0 radical (unpaired) electrons. The Morgan fingerprint density at radius 2 is 1.57 bits per heavy atom. The Kier molecular flexibility index (Phi) is 3.75. The quantitative estimate of drug-likeness (QED) is 0.373. The van der Waals surface area contributed by atoms with Crippen LogP contribution in [0.25, 0.3) is 0 Å². The van der Waals surface area contributed by atoms with Gasteiger partial charge in [0.25, 0.3) is 0 Å². The minimum Gasteiger partial charge on any atom is -0.291 e. The van der Waals surface area contributed by atoms with Crippen LogP contribution in [-0.4, -0.2) is 40.5 Å². The fourth-order valence-electron chi connectivity index (χ4n) is 1.58. The van der Waals surface area contributed by atoms with E-state index in [-0.39, 0.29) is 6.54 Å². The van der Waals surface area contributed by atoms with Crippen molar-refractivity contribution in [3.05, 3.63) is 20.2 Å². The molecule has 0 saturated carbocycles. The van der Waals surface area contributed by atoms with Crippen molar-refractivity contribution in [3.63, 3.8) is 0 Å². The predicted molar refractivity (Wildman–Crippen MR) is 48.1 cm³/mol. The third-order valence-corrected chi connectivity index (χ3v) is 2.36. The molecule has 0 N–H and O–H groups in total. The Morgan fingerprint density at radius 1 is 1.07 bits per heavy atom. The summed E-state index contributed by atoms with van der Waals surface area (Å²) in [6.45, 7) is 1.40. The summed E-state index contributed by atoms with van der Waals surface area (Å²) in [4.78, 5) is 20.8. The van der Waals surface area contributed by atoms with Crippen LogP contribution in [0.3, 0.4) is 0 Å². The van der Waals surface area contributed by atoms with E-state index in [0.717, 1.165) is 32.4 Å². The van der Waals surface area contributed by atoms with Gasteiger partial charge in [0.1, 0.15) is 6.54 Å². The molecule has 0 amide bonds. The fraction of sp³-hybridized carbons (Fsp3) is 1.00. The molecule has 1 fully saturated rings. The number of likely N-dealkylation sites (tertiary alicyclic amines) is 1. The van der Waals surface area contributed by atoms with Crippen LogP contribution >= 0.6 is 0 Å². The van der Waals surface area contributed by atoms with Gasteiger partial charge in [-0.3, -0.25) is 25.1 Å². The topological polar surface area (TPSA) is 89.5 Å². The summed E-state index contributed by atoms with van der Waals surface area (Å²) in [5, 5.41) is 20.7. The zero-order chi connectivity index (χ0) is 10.6. The second-order valence-corrected chi connectivity index (χ2v) is 3.41. The molecule has 0 aromatic carbocycles. The van der Waals surface area contributed by atoms with Gasteiger partial charge in [0.15, 0.2) is 0 Å². The first-order valence-electron chi connectivity index (χ1n) is 4.60. The minimum atomic E-state index is -1.67. The molecule has 7 nitrogen and oxygen atoms in total. The molecular weight excluding hydrogens is 190 g/mol. The molecule has 1 aliphatic rings. The van der Waals surface area contributed by atoms with Crippen LogP contribution in [0.5, 0.6) is 0 Å². The van der Waals surface area contributed by atoms with Gasteiger partial charge in [-0.15, -0.1) is 0 Å². The van der Waals surface area contributed by atoms with E-state index in [2.05, 4.69) is 0 Å². The molecule has 0 aliphatic carbocycles. The van der Waals surface area contributed by atoms with Crippen LogP contribution in [0.2, 0.25) is 0 Å². The van der Waals surface area contributed by atoms with Crippen LogP contribution < -0.4 is 0 Å². The molecule has 0 atom stereocenters. The third-order valence-electron chi connectivity index (χ3n) is 2.36. The first-order chi connectivity index (χ1) is 6.61.